The van der Waals surface area contributed by atoms with Gasteiger partial charge in [0.15, 0.2) is 6.10 Å². The Kier molecular flexibility index (Phi) is 5.07. The SMILES string of the molecule is C[C@H](OC(=O)c1ccc(-c2ccc(F)cc2)o1)C(=O)NC(C)(C)C. The molecule has 1 aromatic carbocycles. The minimum Gasteiger partial charge on any atom is -0.449 e. The second-order valence-corrected chi connectivity index (χ2v) is 6.46. The van der Waals surface area contributed by atoms with Crippen molar-refractivity contribution >= 4 is 11.9 Å². The van der Waals surface area contributed by atoms with Gasteiger partial charge in [0.1, 0.15) is 11.6 Å². The van der Waals surface area contributed by atoms with Crippen LogP contribution in [0.1, 0.15) is 38.2 Å². The molecule has 1 aromatic heterocycles. The summed E-state index contributed by atoms with van der Waals surface area (Å²) in [4.78, 5) is 24.0. The average molecular weight is 333 g/mol. The van der Waals surface area contributed by atoms with Crippen LogP contribution in [0.3, 0.4) is 0 Å². The third kappa shape index (κ3) is 4.68. The second kappa shape index (κ2) is 6.86. The molecule has 0 radical (unpaired) electrons. The molecule has 1 atom stereocenters. The van der Waals surface area contributed by atoms with Gasteiger partial charge in [0, 0.05) is 11.1 Å². The molecule has 1 heterocycles. The summed E-state index contributed by atoms with van der Waals surface area (Å²) in [7, 11) is 0. The molecule has 2 aromatic rings. The van der Waals surface area contributed by atoms with Crippen molar-refractivity contribution in [3.8, 4) is 11.3 Å². The number of furan rings is 1. The maximum atomic E-state index is 12.9. The number of nitrogens with one attached hydrogen (secondary N) is 1. The fourth-order valence-electron chi connectivity index (χ4n) is 1.96. The van der Waals surface area contributed by atoms with E-state index in [-0.39, 0.29) is 17.5 Å². The second-order valence-electron chi connectivity index (χ2n) is 6.46. The highest BCUT2D eigenvalue weighted by molar-refractivity contribution is 5.90. The molecule has 0 spiro atoms. The van der Waals surface area contributed by atoms with Crippen molar-refractivity contribution in [1.29, 1.82) is 0 Å². The van der Waals surface area contributed by atoms with Gasteiger partial charge in [-0.25, -0.2) is 9.18 Å². The van der Waals surface area contributed by atoms with Crippen LogP contribution >= 0.6 is 0 Å². The smallest absolute Gasteiger partial charge is 0.375 e. The van der Waals surface area contributed by atoms with Crippen molar-refractivity contribution < 1.29 is 23.1 Å². The van der Waals surface area contributed by atoms with E-state index in [0.29, 0.717) is 11.3 Å². The van der Waals surface area contributed by atoms with Crippen molar-refractivity contribution in [2.24, 2.45) is 0 Å². The van der Waals surface area contributed by atoms with E-state index < -0.39 is 17.6 Å². The molecule has 0 saturated heterocycles. The largest absolute Gasteiger partial charge is 0.449 e. The first-order chi connectivity index (χ1) is 11.2. The van der Waals surface area contributed by atoms with Crippen molar-refractivity contribution in [2.75, 3.05) is 0 Å². The number of hydrogen-bond donors (Lipinski definition) is 1. The van der Waals surface area contributed by atoms with E-state index in [1.807, 2.05) is 20.8 Å². The Morgan fingerprint density at radius 3 is 2.33 bits per heavy atom. The first-order valence-corrected chi connectivity index (χ1v) is 7.54. The summed E-state index contributed by atoms with van der Waals surface area (Å²) in [6.07, 6.45) is -0.948. The zero-order chi connectivity index (χ0) is 17.9. The molecule has 0 saturated carbocycles. The van der Waals surface area contributed by atoms with Crippen LogP contribution in [-0.2, 0) is 9.53 Å². The lowest BCUT2D eigenvalue weighted by molar-refractivity contribution is -0.130. The first kappa shape index (κ1) is 17.7. The van der Waals surface area contributed by atoms with Gasteiger partial charge >= 0.3 is 5.97 Å². The van der Waals surface area contributed by atoms with E-state index in [2.05, 4.69) is 5.32 Å². The van der Waals surface area contributed by atoms with Crippen molar-refractivity contribution in [1.82, 2.24) is 5.32 Å². The number of carbonyl (C=O) groups excluding carboxylic acids is 2. The predicted octanol–water partition coefficient (Wildman–Crippen LogP) is 3.55. The predicted molar refractivity (Wildman–Crippen MR) is 86.9 cm³/mol. The van der Waals surface area contributed by atoms with Crippen LogP contribution in [0, 0.1) is 5.82 Å². The first-order valence-electron chi connectivity index (χ1n) is 7.54. The molecule has 0 aliphatic carbocycles. The van der Waals surface area contributed by atoms with Crippen LogP contribution in [0.25, 0.3) is 11.3 Å². The lowest BCUT2D eigenvalue weighted by atomic mass is 10.1. The standard InChI is InChI=1S/C18H20FNO4/c1-11(16(21)20-18(2,3)4)23-17(22)15-10-9-14(24-15)12-5-7-13(19)8-6-12/h5-11H,1-4H3,(H,20,21)/t11-/m0/s1. The van der Waals surface area contributed by atoms with Crippen LogP contribution < -0.4 is 5.32 Å². The van der Waals surface area contributed by atoms with E-state index in [9.17, 15) is 14.0 Å². The molecule has 1 N–H and O–H groups in total. The van der Waals surface area contributed by atoms with Crippen LogP contribution in [0.15, 0.2) is 40.8 Å². The molecule has 2 rings (SSSR count). The molecule has 24 heavy (non-hydrogen) atoms. The van der Waals surface area contributed by atoms with E-state index in [0.717, 1.165) is 0 Å². The Labute approximate surface area is 139 Å². The fraction of sp³-hybridized carbons (Fsp3) is 0.333. The highest BCUT2D eigenvalue weighted by atomic mass is 19.1. The van der Waals surface area contributed by atoms with Gasteiger partial charge in [-0.2, -0.15) is 0 Å². The topological polar surface area (TPSA) is 68.5 Å². The van der Waals surface area contributed by atoms with Crippen LogP contribution in [0.2, 0.25) is 0 Å². The van der Waals surface area contributed by atoms with Gasteiger partial charge < -0.3 is 14.5 Å². The maximum absolute atomic E-state index is 12.9. The quantitative estimate of drug-likeness (QED) is 0.869. The fourth-order valence-corrected chi connectivity index (χ4v) is 1.96. The summed E-state index contributed by atoms with van der Waals surface area (Å²) in [5.41, 5.74) is 0.215. The number of rotatable bonds is 4. The average Bonchev–Trinajstić information content (AvgIpc) is 2.96. The molecule has 0 unspecified atom stereocenters. The van der Waals surface area contributed by atoms with Gasteiger partial charge in [-0.3, -0.25) is 4.79 Å². The molecule has 0 fully saturated rings. The third-order valence-corrected chi connectivity index (χ3v) is 3.09. The molecule has 128 valence electrons. The van der Waals surface area contributed by atoms with Crippen LogP contribution in [0.4, 0.5) is 4.39 Å². The molecular weight excluding hydrogens is 313 g/mol. The lowest BCUT2D eigenvalue weighted by Crippen LogP contribution is -2.46. The number of ether oxygens (including phenoxy) is 1. The van der Waals surface area contributed by atoms with Gasteiger partial charge in [-0.15, -0.1) is 0 Å². The third-order valence-electron chi connectivity index (χ3n) is 3.09. The Hall–Kier alpha value is -2.63. The molecule has 5 nitrogen and oxygen atoms in total. The molecule has 6 heteroatoms. The van der Waals surface area contributed by atoms with Gasteiger partial charge in [0.2, 0.25) is 5.76 Å². The number of hydrogen-bond acceptors (Lipinski definition) is 4. The molecule has 1 amide bonds. The van der Waals surface area contributed by atoms with Gasteiger partial charge in [-0.05, 0) is 64.1 Å². The highest BCUT2D eigenvalue weighted by Gasteiger charge is 2.24. The zero-order valence-corrected chi connectivity index (χ0v) is 14.1. The van der Waals surface area contributed by atoms with E-state index >= 15 is 0 Å². The number of amides is 1. The Morgan fingerprint density at radius 2 is 1.75 bits per heavy atom. The Morgan fingerprint density at radius 1 is 1.12 bits per heavy atom. The monoisotopic (exact) mass is 333 g/mol. The van der Waals surface area contributed by atoms with Gasteiger partial charge in [-0.1, -0.05) is 0 Å². The highest BCUT2D eigenvalue weighted by Crippen LogP contribution is 2.23. The minimum absolute atomic E-state index is 0.0234. The van der Waals surface area contributed by atoms with Crippen molar-refractivity contribution in [3.63, 3.8) is 0 Å². The van der Waals surface area contributed by atoms with Crippen molar-refractivity contribution in [3.05, 3.63) is 48.0 Å². The molecule has 0 aliphatic rings. The molecule has 0 bridgehead atoms. The summed E-state index contributed by atoms with van der Waals surface area (Å²) in [6, 6.07) is 8.73. The summed E-state index contributed by atoms with van der Waals surface area (Å²) in [6.45, 7) is 6.99. The Balaban J connectivity index is 2.03. The van der Waals surface area contributed by atoms with E-state index in [1.165, 1.54) is 25.1 Å². The molecular formula is C18H20FNO4. The summed E-state index contributed by atoms with van der Waals surface area (Å²) < 4.78 is 23.5. The normalized spacial score (nSPS) is 12.5. The summed E-state index contributed by atoms with van der Waals surface area (Å²) >= 11 is 0. The minimum atomic E-state index is -0.948. The zero-order valence-electron chi connectivity index (χ0n) is 14.1. The number of carbonyl (C=O) groups is 2. The number of benzene rings is 1. The van der Waals surface area contributed by atoms with Crippen molar-refractivity contribution in [2.45, 2.75) is 39.3 Å². The Bertz CT molecular complexity index is 728. The number of halogens is 1. The molecule has 0 aliphatic heterocycles. The van der Waals surface area contributed by atoms with E-state index in [4.69, 9.17) is 9.15 Å². The summed E-state index contributed by atoms with van der Waals surface area (Å²) in [5.74, 6) is -1.09. The van der Waals surface area contributed by atoms with Gasteiger partial charge in [0.05, 0.1) is 0 Å². The van der Waals surface area contributed by atoms with Gasteiger partial charge in [0.25, 0.3) is 5.91 Å². The van der Waals surface area contributed by atoms with Crippen LogP contribution in [-0.4, -0.2) is 23.5 Å². The lowest BCUT2D eigenvalue weighted by Gasteiger charge is -2.22. The van der Waals surface area contributed by atoms with Crippen LogP contribution in [0.5, 0.6) is 0 Å². The number of esters is 1. The van der Waals surface area contributed by atoms with E-state index in [1.54, 1.807) is 18.2 Å². The maximum Gasteiger partial charge on any atom is 0.375 e. The summed E-state index contributed by atoms with van der Waals surface area (Å²) in [5, 5.41) is 2.73.